The van der Waals surface area contributed by atoms with Crippen LogP contribution in [0.3, 0.4) is 0 Å². The van der Waals surface area contributed by atoms with Gasteiger partial charge in [0.2, 0.25) is 0 Å². The largest absolute Gasteiger partial charge is 0.352 e. The molecule has 5 nitrogen and oxygen atoms in total. The first-order valence-corrected chi connectivity index (χ1v) is 11.2. The number of anilines is 1. The van der Waals surface area contributed by atoms with Gasteiger partial charge in [-0.1, -0.05) is 31.2 Å². The summed E-state index contributed by atoms with van der Waals surface area (Å²) < 4.78 is 5.24. The molecule has 0 saturated heterocycles. The van der Waals surface area contributed by atoms with Gasteiger partial charge in [-0.05, 0) is 60.1 Å². The molecule has 1 aromatic heterocycles. The maximum Gasteiger partial charge on any atom is 0.276 e. The van der Waals surface area contributed by atoms with Gasteiger partial charge in [0.05, 0.1) is 4.70 Å². The van der Waals surface area contributed by atoms with Crippen molar-refractivity contribution in [2.75, 3.05) is 23.4 Å². The Morgan fingerprint density at radius 2 is 1.93 bits per heavy atom. The molecule has 0 aliphatic carbocycles. The number of thioether (sulfide) groups is 1. The Morgan fingerprint density at radius 1 is 1.07 bits per heavy atom. The van der Waals surface area contributed by atoms with Gasteiger partial charge in [-0.15, -0.1) is 0 Å². The summed E-state index contributed by atoms with van der Waals surface area (Å²) in [4.78, 5) is 24.9. The molecule has 0 fully saturated rings. The number of nitrogens with zero attached hydrogens (tertiary/aromatic N) is 1. The lowest BCUT2D eigenvalue weighted by atomic mass is 10.1. The van der Waals surface area contributed by atoms with E-state index in [-0.39, 0.29) is 11.8 Å². The first-order valence-electron chi connectivity index (χ1n) is 9.31. The second kappa shape index (κ2) is 10.2. The molecule has 0 saturated carbocycles. The monoisotopic (exact) mass is 413 g/mol. The van der Waals surface area contributed by atoms with Crippen LogP contribution < -0.4 is 10.6 Å². The van der Waals surface area contributed by atoms with Crippen molar-refractivity contribution >= 4 is 50.9 Å². The van der Waals surface area contributed by atoms with Gasteiger partial charge in [0, 0.05) is 23.2 Å². The summed E-state index contributed by atoms with van der Waals surface area (Å²) in [7, 11) is 0. The van der Waals surface area contributed by atoms with Crippen LogP contribution in [0.2, 0.25) is 0 Å². The SMILES string of the molecule is CCCSCCCNC(=O)c1cccc(NC(=O)c2nsc3ccccc23)c1. The number of carbonyl (C=O) groups excluding carboxylic acids is 2. The summed E-state index contributed by atoms with van der Waals surface area (Å²) >= 11 is 3.21. The average Bonchev–Trinajstić information content (AvgIpc) is 3.15. The molecule has 7 heteroatoms. The molecule has 0 radical (unpaired) electrons. The fourth-order valence-corrected chi connectivity index (χ4v) is 4.32. The van der Waals surface area contributed by atoms with Crippen LogP contribution in [0.4, 0.5) is 5.69 Å². The highest BCUT2D eigenvalue weighted by atomic mass is 32.2. The van der Waals surface area contributed by atoms with E-state index in [1.807, 2.05) is 36.0 Å². The highest BCUT2D eigenvalue weighted by Gasteiger charge is 2.15. The van der Waals surface area contributed by atoms with Gasteiger partial charge in [-0.25, -0.2) is 0 Å². The van der Waals surface area contributed by atoms with Gasteiger partial charge in [0.15, 0.2) is 0 Å². The predicted molar refractivity (Wildman–Crippen MR) is 119 cm³/mol. The van der Waals surface area contributed by atoms with Gasteiger partial charge in [-0.3, -0.25) is 9.59 Å². The molecule has 3 rings (SSSR count). The zero-order valence-corrected chi connectivity index (χ0v) is 17.4. The van der Waals surface area contributed by atoms with E-state index in [0.717, 1.165) is 28.0 Å². The normalized spacial score (nSPS) is 10.8. The third-order valence-corrected chi connectivity index (χ3v) is 6.18. The van der Waals surface area contributed by atoms with Crippen molar-refractivity contribution < 1.29 is 9.59 Å². The van der Waals surface area contributed by atoms with E-state index in [4.69, 9.17) is 0 Å². The number of aromatic nitrogens is 1. The lowest BCUT2D eigenvalue weighted by Crippen LogP contribution is -2.25. The minimum absolute atomic E-state index is 0.129. The summed E-state index contributed by atoms with van der Waals surface area (Å²) in [5, 5.41) is 6.61. The van der Waals surface area contributed by atoms with Gasteiger partial charge < -0.3 is 10.6 Å². The fraction of sp³-hybridized carbons (Fsp3) is 0.286. The Kier molecular flexibility index (Phi) is 7.45. The molecule has 2 aromatic carbocycles. The molecule has 0 unspecified atom stereocenters. The fourth-order valence-electron chi connectivity index (χ4n) is 2.70. The van der Waals surface area contributed by atoms with Crippen molar-refractivity contribution in [3.8, 4) is 0 Å². The van der Waals surface area contributed by atoms with E-state index < -0.39 is 0 Å². The number of benzene rings is 2. The van der Waals surface area contributed by atoms with Crippen LogP contribution in [0.15, 0.2) is 48.5 Å². The number of hydrogen-bond acceptors (Lipinski definition) is 5. The quantitative estimate of drug-likeness (QED) is 0.494. The van der Waals surface area contributed by atoms with E-state index in [1.54, 1.807) is 24.3 Å². The molecular formula is C21H23N3O2S2. The minimum Gasteiger partial charge on any atom is -0.352 e. The first-order chi connectivity index (χ1) is 13.7. The maximum absolute atomic E-state index is 12.6. The Labute approximate surface area is 173 Å². The lowest BCUT2D eigenvalue weighted by Gasteiger charge is -2.08. The van der Waals surface area contributed by atoms with Gasteiger partial charge in [0.25, 0.3) is 11.8 Å². The molecule has 0 aliphatic heterocycles. The van der Waals surface area contributed by atoms with Crippen molar-refractivity contribution in [1.29, 1.82) is 0 Å². The van der Waals surface area contributed by atoms with Crippen LogP contribution >= 0.6 is 23.3 Å². The Bertz CT molecular complexity index is 955. The minimum atomic E-state index is -0.275. The molecule has 0 aliphatic rings. The molecule has 28 heavy (non-hydrogen) atoms. The van der Waals surface area contributed by atoms with Gasteiger partial charge in [-0.2, -0.15) is 16.1 Å². The van der Waals surface area contributed by atoms with E-state index in [0.29, 0.717) is 23.5 Å². The van der Waals surface area contributed by atoms with Crippen molar-refractivity contribution in [2.24, 2.45) is 0 Å². The van der Waals surface area contributed by atoms with E-state index in [2.05, 4.69) is 21.9 Å². The maximum atomic E-state index is 12.6. The zero-order chi connectivity index (χ0) is 19.8. The number of rotatable bonds is 9. The third-order valence-electron chi connectivity index (χ3n) is 4.07. The van der Waals surface area contributed by atoms with Crippen molar-refractivity contribution in [3.05, 3.63) is 59.8 Å². The average molecular weight is 414 g/mol. The molecule has 146 valence electrons. The smallest absolute Gasteiger partial charge is 0.276 e. The third kappa shape index (κ3) is 5.33. The van der Waals surface area contributed by atoms with Crippen molar-refractivity contribution in [2.45, 2.75) is 19.8 Å². The zero-order valence-electron chi connectivity index (χ0n) is 15.7. The van der Waals surface area contributed by atoms with Crippen molar-refractivity contribution in [1.82, 2.24) is 9.69 Å². The molecule has 0 atom stereocenters. The summed E-state index contributed by atoms with van der Waals surface area (Å²) in [6.45, 7) is 2.81. The van der Waals surface area contributed by atoms with E-state index in [1.165, 1.54) is 18.0 Å². The van der Waals surface area contributed by atoms with Crippen molar-refractivity contribution in [3.63, 3.8) is 0 Å². The number of fused-ring (bicyclic) bond motifs is 1. The summed E-state index contributed by atoms with van der Waals surface area (Å²) in [5.41, 5.74) is 1.51. The van der Waals surface area contributed by atoms with Crippen LogP contribution in [0, 0.1) is 0 Å². The summed E-state index contributed by atoms with van der Waals surface area (Å²) in [5.74, 6) is 1.80. The standard InChI is InChI=1S/C21H23N3O2S2/c1-2-12-27-13-6-11-22-20(25)15-7-5-8-16(14-15)23-21(26)19-17-9-3-4-10-18(17)28-24-19/h3-5,7-10,14H,2,6,11-13H2,1H3,(H,22,25)(H,23,26). The molecule has 0 bridgehead atoms. The second-order valence-corrected chi connectivity index (χ2v) is 8.31. The highest BCUT2D eigenvalue weighted by Crippen LogP contribution is 2.23. The number of hydrogen-bond donors (Lipinski definition) is 2. The first kappa shape index (κ1) is 20.4. The van der Waals surface area contributed by atoms with Gasteiger partial charge in [0.1, 0.15) is 5.69 Å². The van der Waals surface area contributed by atoms with Crippen LogP contribution in [-0.4, -0.2) is 34.2 Å². The lowest BCUT2D eigenvalue weighted by molar-refractivity contribution is 0.0952. The van der Waals surface area contributed by atoms with Crippen LogP contribution in [0.5, 0.6) is 0 Å². The summed E-state index contributed by atoms with van der Waals surface area (Å²) in [6.07, 6.45) is 2.12. The van der Waals surface area contributed by atoms with Crippen LogP contribution in [-0.2, 0) is 0 Å². The Morgan fingerprint density at radius 3 is 2.79 bits per heavy atom. The highest BCUT2D eigenvalue weighted by molar-refractivity contribution is 7.99. The summed E-state index contributed by atoms with van der Waals surface area (Å²) in [6, 6.07) is 14.6. The molecule has 1 heterocycles. The molecular weight excluding hydrogens is 390 g/mol. The second-order valence-electron chi connectivity index (χ2n) is 6.28. The van der Waals surface area contributed by atoms with E-state index >= 15 is 0 Å². The molecule has 0 spiro atoms. The van der Waals surface area contributed by atoms with Gasteiger partial charge >= 0.3 is 0 Å². The Hall–Kier alpha value is -2.38. The molecule has 2 amide bonds. The van der Waals surface area contributed by atoms with Crippen LogP contribution in [0.25, 0.3) is 10.1 Å². The van der Waals surface area contributed by atoms with Crippen LogP contribution in [0.1, 0.15) is 40.6 Å². The number of amides is 2. The number of nitrogens with one attached hydrogen (secondary N) is 2. The topological polar surface area (TPSA) is 71.1 Å². The predicted octanol–water partition coefficient (Wildman–Crippen LogP) is 4.81. The molecule has 3 aromatic rings. The van der Waals surface area contributed by atoms with E-state index in [9.17, 15) is 9.59 Å². The molecule has 2 N–H and O–H groups in total. The Balaban J connectivity index is 1.58. The number of carbonyl (C=O) groups is 2.